The molecule has 0 unspecified atom stereocenters. The summed E-state index contributed by atoms with van der Waals surface area (Å²) in [5.74, 6) is -0.297. The van der Waals surface area contributed by atoms with Gasteiger partial charge < -0.3 is 10.6 Å². The van der Waals surface area contributed by atoms with Crippen molar-refractivity contribution in [3.05, 3.63) is 128 Å². The van der Waals surface area contributed by atoms with E-state index < -0.39 is 0 Å². The van der Waals surface area contributed by atoms with Crippen LogP contribution in [0.3, 0.4) is 0 Å². The number of halogens is 2. The summed E-state index contributed by atoms with van der Waals surface area (Å²) in [5.41, 5.74) is 4.94. The number of hydrogen-bond donors (Lipinski definition) is 2. The maximum Gasteiger partial charge on any atom is 0.255 e. The third kappa shape index (κ3) is 6.40. The van der Waals surface area contributed by atoms with Gasteiger partial charge in [0.1, 0.15) is 0 Å². The summed E-state index contributed by atoms with van der Waals surface area (Å²) in [4.78, 5) is 24.8. The molecular weight excluding hydrogens is 544 g/mol. The Morgan fingerprint density at radius 3 is 1.33 bits per heavy atom. The van der Waals surface area contributed by atoms with Crippen molar-refractivity contribution in [2.24, 2.45) is 0 Å². The topological polar surface area (TPSA) is 58.2 Å². The Labute approximate surface area is 209 Å². The Hall–Kier alpha value is -3.22. The highest BCUT2D eigenvalue weighted by molar-refractivity contribution is 9.10. The molecule has 0 heterocycles. The summed E-state index contributed by atoms with van der Waals surface area (Å²) in [6.45, 7) is 0. The maximum absolute atomic E-state index is 12.4. The van der Waals surface area contributed by atoms with Crippen LogP contribution < -0.4 is 10.6 Å². The molecule has 0 saturated carbocycles. The van der Waals surface area contributed by atoms with Crippen molar-refractivity contribution < 1.29 is 9.59 Å². The number of amides is 2. The van der Waals surface area contributed by atoms with Crippen molar-refractivity contribution in [3.63, 3.8) is 0 Å². The van der Waals surface area contributed by atoms with Crippen LogP contribution in [0.2, 0.25) is 0 Å². The minimum atomic E-state index is -0.149. The summed E-state index contributed by atoms with van der Waals surface area (Å²) < 4.78 is 1.73. The second-order valence-corrected chi connectivity index (χ2v) is 9.33. The lowest BCUT2D eigenvalue weighted by Crippen LogP contribution is -2.11. The van der Waals surface area contributed by atoms with E-state index in [-0.39, 0.29) is 11.8 Å². The molecular formula is C27H20Br2N2O2. The summed E-state index contributed by atoms with van der Waals surface area (Å²) in [7, 11) is 0. The van der Waals surface area contributed by atoms with Crippen LogP contribution in [0.15, 0.2) is 106 Å². The molecule has 2 N–H and O–H groups in total. The van der Waals surface area contributed by atoms with Gasteiger partial charge in [-0.3, -0.25) is 9.59 Å². The van der Waals surface area contributed by atoms with E-state index in [0.29, 0.717) is 11.1 Å². The maximum atomic E-state index is 12.4. The van der Waals surface area contributed by atoms with Crippen LogP contribution in [0.25, 0.3) is 0 Å². The van der Waals surface area contributed by atoms with Crippen LogP contribution >= 0.6 is 31.9 Å². The standard InChI is InChI=1S/C27H20Br2N2O2/c28-22-5-1-3-20(16-22)26(32)30-24-11-7-18(8-12-24)15-19-9-13-25(14-10-19)31-27(33)21-4-2-6-23(29)17-21/h1-14,16-17H,15H2,(H,30,32)(H,31,33). The van der Waals surface area contributed by atoms with Gasteiger partial charge in [0.25, 0.3) is 11.8 Å². The van der Waals surface area contributed by atoms with E-state index in [4.69, 9.17) is 0 Å². The van der Waals surface area contributed by atoms with Gasteiger partial charge in [0, 0.05) is 31.4 Å². The first kappa shape index (κ1) is 23.0. The monoisotopic (exact) mass is 562 g/mol. The molecule has 2 amide bonds. The molecule has 0 saturated heterocycles. The second kappa shape index (κ2) is 10.6. The first-order valence-electron chi connectivity index (χ1n) is 10.3. The van der Waals surface area contributed by atoms with Crippen LogP contribution in [0.5, 0.6) is 0 Å². The van der Waals surface area contributed by atoms with E-state index in [1.165, 1.54) is 0 Å². The summed E-state index contributed by atoms with van der Waals surface area (Å²) in [6.07, 6.45) is 0.750. The third-order valence-electron chi connectivity index (χ3n) is 5.01. The highest BCUT2D eigenvalue weighted by Crippen LogP contribution is 2.19. The average molecular weight is 564 g/mol. The lowest BCUT2D eigenvalue weighted by molar-refractivity contribution is 0.101. The van der Waals surface area contributed by atoms with Crippen LogP contribution in [0.1, 0.15) is 31.8 Å². The Bertz CT molecular complexity index is 1190. The lowest BCUT2D eigenvalue weighted by atomic mass is 10.0. The van der Waals surface area contributed by atoms with Gasteiger partial charge in [-0.1, -0.05) is 68.3 Å². The van der Waals surface area contributed by atoms with Crippen molar-refractivity contribution in [2.75, 3.05) is 10.6 Å². The predicted molar refractivity (Wildman–Crippen MR) is 140 cm³/mol. The zero-order chi connectivity index (χ0) is 23.2. The normalized spacial score (nSPS) is 10.5. The van der Waals surface area contributed by atoms with E-state index in [9.17, 15) is 9.59 Å². The summed E-state index contributed by atoms with van der Waals surface area (Å²) in [6, 6.07) is 30.2. The number of carbonyl (C=O) groups excluding carboxylic acids is 2. The summed E-state index contributed by atoms with van der Waals surface area (Å²) >= 11 is 6.77. The minimum absolute atomic E-state index is 0.149. The summed E-state index contributed by atoms with van der Waals surface area (Å²) in [5, 5.41) is 5.83. The van der Waals surface area contributed by atoms with E-state index >= 15 is 0 Å². The smallest absolute Gasteiger partial charge is 0.255 e. The molecule has 164 valence electrons. The van der Waals surface area contributed by atoms with Gasteiger partial charge in [0.15, 0.2) is 0 Å². The molecule has 0 bridgehead atoms. The van der Waals surface area contributed by atoms with E-state index in [2.05, 4.69) is 42.5 Å². The SMILES string of the molecule is O=C(Nc1ccc(Cc2ccc(NC(=O)c3cccc(Br)c3)cc2)cc1)c1cccc(Br)c1. The fraction of sp³-hybridized carbons (Fsp3) is 0.0370. The van der Waals surface area contributed by atoms with Crippen molar-refractivity contribution in [2.45, 2.75) is 6.42 Å². The molecule has 0 spiro atoms. The molecule has 4 rings (SSSR count). The van der Waals surface area contributed by atoms with Gasteiger partial charge in [0.05, 0.1) is 0 Å². The quantitative estimate of drug-likeness (QED) is 0.258. The molecule has 4 aromatic rings. The Kier molecular flexibility index (Phi) is 7.37. The molecule has 0 aliphatic carbocycles. The van der Waals surface area contributed by atoms with E-state index in [0.717, 1.165) is 37.9 Å². The zero-order valence-corrected chi connectivity index (χ0v) is 20.7. The van der Waals surface area contributed by atoms with Gasteiger partial charge in [0.2, 0.25) is 0 Å². The van der Waals surface area contributed by atoms with Crippen LogP contribution in [-0.2, 0) is 6.42 Å². The molecule has 6 heteroatoms. The fourth-order valence-electron chi connectivity index (χ4n) is 3.31. The van der Waals surface area contributed by atoms with Crippen LogP contribution in [0, 0.1) is 0 Å². The Morgan fingerprint density at radius 1 is 0.576 bits per heavy atom. The molecule has 0 radical (unpaired) electrons. The lowest BCUT2D eigenvalue weighted by Gasteiger charge is -2.09. The Morgan fingerprint density at radius 2 is 0.970 bits per heavy atom. The van der Waals surface area contributed by atoms with E-state index in [1.807, 2.05) is 72.8 Å². The number of hydrogen-bond acceptors (Lipinski definition) is 2. The minimum Gasteiger partial charge on any atom is -0.322 e. The van der Waals surface area contributed by atoms with Gasteiger partial charge in [-0.05, 0) is 78.2 Å². The fourth-order valence-corrected chi connectivity index (χ4v) is 4.11. The molecule has 4 nitrogen and oxygen atoms in total. The molecule has 33 heavy (non-hydrogen) atoms. The van der Waals surface area contributed by atoms with E-state index in [1.54, 1.807) is 24.3 Å². The Balaban J connectivity index is 1.34. The van der Waals surface area contributed by atoms with Gasteiger partial charge >= 0.3 is 0 Å². The van der Waals surface area contributed by atoms with Crippen molar-refractivity contribution in [3.8, 4) is 0 Å². The zero-order valence-electron chi connectivity index (χ0n) is 17.5. The number of nitrogens with one attached hydrogen (secondary N) is 2. The second-order valence-electron chi connectivity index (χ2n) is 7.50. The highest BCUT2D eigenvalue weighted by atomic mass is 79.9. The molecule has 0 aliphatic heterocycles. The molecule has 0 aliphatic rings. The van der Waals surface area contributed by atoms with Crippen LogP contribution in [-0.4, -0.2) is 11.8 Å². The van der Waals surface area contributed by atoms with Gasteiger partial charge in [-0.2, -0.15) is 0 Å². The first-order valence-corrected chi connectivity index (χ1v) is 11.9. The number of carbonyl (C=O) groups is 2. The van der Waals surface area contributed by atoms with Crippen molar-refractivity contribution in [1.82, 2.24) is 0 Å². The molecule has 0 aromatic heterocycles. The van der Waals surface area contributed by atoms with Gasteiger partial charge in [-0.25, -0.2) is 0 Å². The number of anilines is 2. The predicted octanol–water partition coefficient (Wildman–Crippen LogP) is 7.31. The molecule has 0 atom stereocenters. The number of benzene rings is 4. The largest absolute Gasteiger partial charge is 0.322 e. The number of rotatable bonds is 6. The molecule has 4 aromatic carbocycles. The molecule has 0 fully saturated rings. The van der Waals surface area contributed by atoms with Crippen LogP contribution in [0.4, 0.5) is 11.4 Å². The highest BCUT2D eigenvalue weighted by Gasteiger charge is 2.08. The first-order chi connectivity index (χ1) is 16.0. The van der Waals surface area contributed by atoms with Crippen molar-refractivity contribution in [1.29, 1.82) is 0 Å². The van der Waals surface area contributed by atoms with Gasteiger partial charge in [-0.15, -0.1) is 0 Å². The average Bonchev–Trinajstić information content (AvgIpc) is 2.81. The third-order valence-corrected chi connectivity index (χ3v) is 5.99. The van der Waals surface area contributed by atoms with Crippen molar-refractivity contribution >= 4 is 55.0 Å².